The number of fused-ring (bicyclic) bond motifs is 1. The number of carbonyl (C=O) groups is 1. The molecule has 7 heteroatoms. The molecule has 2 aromatic rings. The Balaban J connectivity index is 1.52. The Kier molecular flexibility index (Phi) is 4.74. The normalized spacial score (nSPS) is 26.1. The molecule has 2 saturated heterocycles. The molecule has 2 fully saturated rings. The molecule has 0 N–H and O–H groups in total. The van der Waals surface area contributed by atoms with Crippen molar-refractivity contribution in [2.45, 2.75) is 32.0 Å². The maximum absolute atomic E-state index is 12.9. The first-order valence-corrected chi connectivity index (χ1v) is 9.04. The van der Waals surface area contributed by atoms with Crippen LogP contribution in [0, 0.1) is 12.8 Å². The first-order chi connectivity index (χ1) is 12.7. The van der Waals surface area contributed by atoms with Crippen molar-refractivity contribution in [3.8, 4) is 0 Å². The van der Waals surface area contributed by atoms with Gasteiger partial charge < -0.3 is 14.2 Å². The molecule has 2 aromatic heterocycles. The van der Waals surface area contributed by atoms with E-state index < -0.39 is 0 Å². The Labute approximate surface area is 152 Å². The molecule has 0 aromatic carbocycles. The van der Waals surface area contributed by atoms with Crippen molar-refractivity contribution in [2.24, 2.45) is 5.92 Å². The molecule has 4 rings (SSSR count). The molecule has 0 radical (unpaired) electrons. The summed E-state index contributed by atoms with van der Waals surface area (Å²) in [5.41, 5.74) is 1.91. The molecular weight excluding hydrogens is 332 g/mol. The summed E-state index contributed by atoms with van der Waals surface area (Å²) in [5.74, 6) is 0.555. The van der Waals surface area contributed by atoms with Gasteiger partial charge in [-0.2, -0.15) is 0 Å². The Bertz CT molecular complexity index is 763. The number of likely N-dealkylation sites (tertiary alicyclic amines) is 2. The van der Waals surface area contributed by atoms with Crippen molar-refractivity contribution in [3.05, 3.63) is 47.6 Å². The lowest BCUT2D eigenvalue weighted by Crippen LogP contribution is -2.53. The van der Waals surface area contributed by atoms with Gasteiger partial charge in [0.25, 0.3) is 5.91 Å². The fourth-order valence-corrected chi connectivity index (χ4v) is 4.27. The lowest BCUT2D eigenvalue weighted by molar-refractivity contribution is -0.0168. The smallest absolute Gasteiger partial charge is 0.292 e. The maximum Gasteiger partial charge on any atom is 0.292 e. The van der Waals surface area contributed by atoms with Gasteiger partial charge in [0, 0.05) is 57.7 Å². The quantitative estimate of drug-likeness (QED) is 0.831. The van der Waals surface area contributed by atoms with Crippen LogP contribution in [0.5, 0.6) is 0 Å². The Morgan fingerprint density at radius 3 is 3.00 bits per heavy atom. The third-order valence-corrected chi connectivity index (χ3v) is 5.47. The number of nitrogens with zero attached hydrogens (tertiary/aromatic N) is 4. The third kappa shape index (κ3) is 3.24. The monoisotopic (exact) mass is 356 g/mol. The van der Waals surface area contributed by atoms with E-state index in [2.05, 4.69) is 21.1 Å². The predicted octanol–water partition coefficient (Wildman–Crippen LogP) is 1.74. The number of amides is 1. The van der Waals surface area contributed by atoms with Crippen molar-refractivity contribution in [2.75, 3.05) is 26.7 Å². The van der Waals surface area contributed by atoms with E-state index in [1.807, 2.05) is 24.1 Å². The van der Waals surface area contributed by atoms with Crippen LogP contribution >= 0.6 is 0 Å². The van der Waals surface area contributed by atoms with Gasteiger partial charge in [-0.15, -0.1) is 0 Å². The van der Waals surface area contributed by atoms with Gasteiger partial charge in [0.1, 0.15) is 0 Å². The second kappa shape index (κ2) is 7.17. The number of ether oxygens (including phenoxy) is 1. The molecule has 2 aliphatic heterocycles. The Hall–Kier alpha value is -2.25. The van der Waals surface area contributed by atoms with E-state index in [4.69, 9.17) is 9.26 Å². The van der Waals surface area contributed by atoms with Crippen LogP contribution in [-0.4, -0.2) is 64.7 Å². The summed E-state index contributed by atoms with van der Waals surface area (Å²) >= 11 is 0. The van der Waals surface area contributed by atoms with Crippen molar-refractivity contribution >= 4 is 5.91 Å². The molecule has 0 spiro atoms. The highest BCUT2D eigenvalue weighted by Gasteiger charge is 2.46. The fraction of sp³-hybridized carbons (Fsp3) is 0.526. The van der Waals surface area contributed by atoms with Gasteiger partial charge in [-0.05, 0) is 25.0 Å². The standard InChI is InChI=1S/C19H24N4O3/c1-13-8-18(26-21-13)19(24)23-7-5-17(25-2)15-11-22(12-16(15)23)10-14-4-3-6-20-9-14/h3-4,6,8-9,15-17H,5,7,10-12H2,1-2H3/t15-,16+,17-/m0/s1. The molecule has 26 heavy (non-hydrogen) atoms. The number of rotatable bonds is 4. The summed E-state index contributed by atoms with van der Waals surface area (Å²) in [6, 6.07) is 5.88. The Morgan fingerprint density at radius 1 is 1.42 bits per heavy atom. The largest absolute Gasteiger partial charge is 0.381 e. The Morgan fingerprint density at radius 2 is 2.31 bits per heavy atom. The topological polar surface area (TPSA) is 71.7 Å². The number of methoxy groups -OCH3 is 1. The van der Waals surface area contributed by atoms with Gasteiger partial charge in [0.2, 0.25) is 5.76 Å². The van der Waals surface area contributed by atoms with Crippen molar-refractivity contribution in [1.82, 2.24) is 19.9 Å². The molecule has 2 aliphatic rings. The molecule has 7 nitrogen and oxygen atoms in total. The van der Waals surface area contributed by atoms with Crippen LogP contribution in [0.2, 0.25) is 0 Å². The lowest BCUT2D eigenvalue weighted by atomic mass is 9.89. The summed E-state index contributed by atoms with van der Waals surface area (Å²) in [6.45, 7) is 5.08. The first kappa shape index (κ1) is 17.2. The summed E-state index contributed by atoms with van der Waals surface area (Å²) in [6.07, 6.45) is 4.71. The van der Waals surface area contributed by atoms with Crippen LogP contribution in [0.15, 0.2) is 35.1 Å². The number of pyridine rings is 1. The van der Waals surface area contributed by atoms with E-state index in [1.54, 1.807) is 19.4 Å². The zero-order chi connectivity index (χ0) is 18.1. The van der Waals surface area contributed by atoms with E-state index in [1.165, 1.54) is 5.56 Å². The predicted molar refractivity (Wildman–Crippen MR) is 94.5 cm³/mol. The van der Waals surface area contributed by atoms with Crippen LogP contribution in [0.4, 0.5) is 0 Å². The van der Waals surface area contributed by atoms with E-state index >= 15 is 0 Å². The van der Waals surface area contributed by atoms with Crippen molar-refractivity contribution in [3.63, 3.8) is 0 Å². The highest BCUT2D eigenvalue weighted by atomic mass is 16.5. The molecule has 0 bridgehead atoms. The van der Waals surface area contributed by atoms with Gasteiger partial charge in [0.15, 0.2) is 0 Å². The van der Waals surface area contributed by atoms with E-state index in [0.717, 1.165) is 31.7 Å². The molecule has 1 amide bonds. The highest BCUT2D eigenvalue weighted by Crippen LogP contribution is 2.34. The van der Waals surface area contributed by atoms with Crippen LogP contribution < -0.4 is 0 Å². The fourth-order valence-electron chi connectivity index (χ4n) is 4.27. The minimum atomic E-state index is -0.0709. The number of aromatic nitrogens is 2. The van der Waals surface area contributed by atoms with E-state index in [9.17, 15) is 4.79 Å². The maximum atomic E-state index is 12.9. The number of piperidine rings is 1. The summed E-state index contributed by atoms with van der Waals surface area (Å²) < 4.78 is 10.9. The molecular formula is C19H24N4O3. The van der Waals surface area contributed by atoms with Crippen LogP contribution in [-0.2, 0) is 11.3 Å². The average Bonchev–Trinajstić information content (AvgIpc) is 3.27. The van der Waals surface area contributed by atoms with Gasteiger partial charge in [-0.3, -0.25) is 14.7 Å². The summed E-state index contributed by atoms with van der Waals surface area (Å²) in [4.78, 5) is 21.5. The van der Waals surface area contributed by atoms with Gasteiger partial charge >= 0.3 is 0 Å². The minimum Gasteiger partial charge on any atom is -0.381 e. The molecule has 0 saturated carbocycles. The van der Waals surface area contributed by atoms with Gasteiger partial charge in [0.05, 0.1) is 17.8 Å². The zero-order valence-electron chi connectivity index (χ0n) is 15.2. The van der Waals surface area contributed by atoms with Crippen LogP contribution in [0.25, 0.3) is 0 Å². The molecule has 0 aliphatic carbocycles. The third-order valence-electron chi connectivity index (χ3n) is 5.47. The van der Waals surface area contributed by atoms with Crippen LogP contribution in [0.1, 0.15) is 28.2 Å². The van der Waals surface area contributed by atoms with Crippen molar-refractivity contribution < 1.29 is 14.1 Å². The second-order valence-corrected chi connectivity index (χ2v) is 7.18. The first-order valence-electron chi connectivity index (χ1n) is 9.04. The molecule has 3 atom stereocenters. The molecule has 138 valence electrons. The molecule has 0 unspecified atom stereocenters. The minimum absolute atomic E-state index is 0.0709. The number of carbonyl (C=O) groups excluding carboxylic acids is 1. The number of hydrogen-bond acceptors (Lipinski definition) is 6. The van der Waals surface area contributed by atoms with Crippen molar-refractivity contribution in [1.29, 1.82) is 0 Å². The van der Waals surface area contributed by atoms with E-state index in [0.29, 0.717) is 18.2 Å². The number of hydrogen-bond donors (Lipinski definition) is 0. The highest BCUT2D eigenvalue weighted by molar-refractivity contribution is 5.91. The SMILES string of the molecule is CO[C@H]1CCN(C(=O)c2cc(C)no2)[C@@H]2CN(Cc3cccnc3)C[C@H]12. The number of aryl methyl sites for hydroxylation is 1. The summed E-state index contributed by atoms with van der Waals surface area (Å²) in [7, 11) is 1.77. The van der Waals surface area contributed by atoms with Gasteiger partial charge in [-0.1, -0.05) is 11.2 Å². The van der Waals surface area contributed by atoms with Gasteiger partial charge in [-0.25, -0.2) is 0 Å². The average molecular weight is 356 g/mol. The molecule has 4 heterocycles. The second-order valence-electron chi connectivity index (χ2n) is 7.18. The zero-order valence-corrected chi connectivity index (χ0v) is 15.2. The summed E-state index contributed by atoms with van der Waals surface area (Å²) in [5, 5.41) is 3.86. The van der Waals surface area contributed by atoms with Crippen LogP contribution in [0.3, 0.4) is 0 Å². The van der Waals surface area contributed by atoms with E-state index in [-0.39, 0.29) is 18.1 Å². The lowest BCUT2D eigenvalue weighted by Gasteiger charge is -2.40.